The Hall–Kier alpha value is -2.91. The van der Waals surface area contributed by atoms with Gasteiger partial charge in [-0.1, -0.05) is 6.07 Å². The van der Waals surface area contributed by atoms with Crippen molar-refractivity contribution in [3.05, 3.63) is 29.3 Å². The molecule has 0 heterocycles. The zero-order valence-electron chi connectivity index (χ0n) is 11.6. The van der Waals surface area contributed by atoms with Crippen LogP contribution >= 0.6 is 0 Å². The number of aliphatic hydroxyl groups excluding tert-OH is 1. The number of carbonyl (C=O) groups is 3. The highest BCUT2D eigenvalue weighted by atomic mass is 16.5. The molecule has 1 aromatic rings. The first-order valence-corrected chi connectivity index (χ1v) is 6.19. The number of aliphatic carboxylic acids is 2. The molecule has 0 unspecified atom stereocenters. The molecule has 1 rings (SSSR count). The lowest BCUT2D eigenvalue weighted by molar-refractivity contribution is -0.170. The van der Waals surface area contributed by atoms with E-state index in [9.17, 15) is 29.7 Å². The Morgan fingerprint density at radius 3 is 2.26 bits per heavy atom. The van der Waals surface area contributed by atoms with Gasteiger partial charge >= 0.3 is 11.9 Å². The van der Waals surface area contributed by atoms with Gasteiger partial charge in [-0.3, -0.25) is 4.79 Å². The van der Waals surface area contributed by atoms with E-state index in [1.165, 1.54) is 18.2 Å². The van der Waals surface area contributed by atoms with Gasteiger partial charge in [0.1, 0.15) is 6.29 Å². The van der Waals surface area contributed by atoms with E-state index in [4.69, 9.17) is 14.9 Å². The van der Waals surface area contributed by atoms with Gasteiger partial charge in [0.05, 0.1) is 6.61 Å². The average molecular weight is 326 g/mol. The highest BCUT2D eigenvalue weighted by Gasteiger charge is 2.33. The third-order valence-corrected chi connectivity index (χ3v) is 2.72. The molecule has 0 radical (unpaired) electrons. The number of phenolic OH excluding ortho intramolecular Hbond substituents is 2. The van der Waals surface area contributed by atoms with E-state index in [1.54, 1.807) is 0 Å². The molecule has 0 bridgehead atoms. The molecule has 9 heteroatoms. The molecule has 0 fully saturated rings. The number of aliphatic hydroxyl groups is 1. The third-order valence-electron chi connectivity index (χ3n) is 2.72. The van der Waals surface area contributed by atoms with Crippen LogP contribution in [0.4, 0.5) is 0 Å². The summed E-state index contributed by atoms with van der Waals surface area (Å²) in [5.74, 6) is -4.26. The van der Waals surface area contributed by atoms with Crippen LogP contribution in [-0.4, -0.2) is 62.6 Å². The minimum Gasteiger partial charge on any atom is -0.504 e. The summed E-state index contributed by atoms with van der Waals surface area (Å²) >= 11 is 0. The fourth-order valence-electron chi connectivity index (χ4n) is 1.57. The first kappa shape index (κ1) is 18.1. The fourth-order valence-corrected chi connectivity index (χ4v) is 1.57. The summed E-state index contributed by atoms with van der Waals surface area (Å²) in [5.41, 5.74) is 0.246. The molecule has 0 spiro atoms. The molecule has 0 amide bonds. The quantitative estimate of drug-likeness (QED) is 0.243. The molecule has 0 aliphatic rings. The summed E-state index contributed by atoms with van der Waals surface area (Å²) in [4.78, 5) is 32.4. The van der Waals surface area contributed by atoms with Crippen molar-refractivity contribution < 1.29 is 44.7 Å². The third kappa shape index (κ3) is 5.09. The second-order valence-corrected chi connectivity index (χ2v) is 4.44. The predicted octanol–water partition coefficient (Wildman–Crippen LogP) is -0.405. The van der Waals surface area contributed by atoms with Gasteiger partial charge < -0.3 is 30.3 Å². The van der Waals surface area contributed by atoms with Gasteiger partial charge in [0.25, 0.3) is 0 Å². The van der Waals surface area contributed by atoms with Crippen molar-refractivity contribution in [1.29, 1.82) is 0 Å². The Morgan fingerprint density at radius 1 is 1.13 bits per heavy atom. The number of carbonyl (C=O) groups excluding carboxylic acids is 1. The van der Waals surface area contributed by atoms with E-state index in [2.05, 4.69) is 0 Å². The van der Waals surface area contributed by atoms with Crippen LogP contribution in [0.3, 0.4) is 0 Å². The Balaban J connectivity index is 2.88. The average Bonchev–Trinajstić information content (AvgIpc) is 2.49. The van der Waals surface area contributed by atoms with Crippen molar-refractivity contribution >= 4 is 24.3 Å². The van der Waals surface area contributed by atoms with Crippen LogP contribution in [0.15, 0.2) is 23.8 Å². The zero-order valence-corrected chi connectivity index (χ0v) is 11.6. The standard InChI is InChI=1S/C14H14O9/c15-5-8(3-7-1-2-9(16)10(17)4-7)6-23-12(14(21)22)11(18)13(19)20/h1-5,11-12,16-18H,6H2,(H,19,20)(H,21,22)/b8-3+/t11-,12-/m1/s1. The zero-order chi connectivity index (χ0) is 17.6. The van der Waals surface area contributed by atoms with E-state index >= 15 is 0 Å². The van der Waals surface area contributed by atoms with Crippen LogP contribution in [0.5, 0.6) is 11.5 Å². The van der Waals surface area contributed by atoms with Crippen LogP contribution < -0.4 is 0 Å². The van der Waals surface area contributed by atoms with Gasteiger partial charge in [0, 0.05) is 5.57 Å². The summed E-state index contributed by atoms with van der Waals surface area (Å²) in [6.07, 6.45) is -2.77. The highest BCUT2D eigenvalue weighted by Crippen LogP contribution is 2.25. The molecule has 0 aromatic heterocycles. The number of carboxylic acid groups (broad SMARTS) is 2. The Kier molecular flexibility index (Phi) is 6.24. The van der Waals surface area contributed by atoms with Gasteiger partial charge in [0.2, 0.25) is 0 Å². The van der Waals surface area contributed by atoms with Gasteiger partial charge in [-0.2, -0.15) is 0 Å². The van der Waals surface area contributed by atoms with Crippen LogP contribution in [-0.2, 0) is 19.1 Å². The summed E-state index contributed by atoms with van der Waals surface area (Å²) in [6.45, 7) is -0.577. The van der Waals surface area contributed by atoms with Crippen molar-refractivity contribution in [1.82, 2.24) is 0 Å². The second kappa shape index (κ2) is 7.92. The van der Waals surface area contributed by atoms with E-state index in [0.29, 0.717) is 11.8 Å². The molecule has 0 aliphatic heterocycles. The summed E-state index contributed by atoms with van der Waals surface area (Å²) in [6, 6.07) is 3.71. The number of aldehydes is 1. The molecular weight excluding hydrogens is 312 g/mol. The van der Waals surface area contributed by atoms with Crippen LogP contribution in [0.25, 0.3) is 6.08 Å². The molecule has 9 nitrogen and oxygen atoms in total. The first-order chi connectivity index (χ1) is 10.8. The molecule has 0 saturated carbocycles. The largest absolute Gasteiger partial charge is 0.504 e. The smallest absolute Gasteiger partial charge is 0.336 e. The van der Waals surface area contributed by atoms with E-state index in [-0.39, 0.29) is 11.3 Å². The molecule has 124 valence electrons. The number of hydrogen-bond acceptors (Lipinski definition) is 7. The minimum absolute atomic E-state index is 0.0704. The van der Waals surface area contributed by atoms with Gasteiger partial charge in [-0.15, -0.1) is 0 Å². The van der Waals surface area contributed by atoms with Crippen molar-refractivity contribution in [2.45, 2.75) is 12.2 Å². The number of ether oxygens (including phenoxy) is 1. The monoisotopic (exact) mass is 326 g/mol. The number of carboxylic acids is 2. The highest BCUT2D eigenvalue weighted by molar-refractivity contribution is 5.84. The summed E-state index contributed by atoms with van der Waals surface area (Å²) in [5, 5.41) is 45.1. The molecule has 0 saturated heterocycles. The number of phenols is 2. The van der Waals surface area contributed by atoms with Gasteiger partial charge in [-0.25, -0.2) is 9.59 Å². The normalized spacial score (nSPS) is 14.0. The predicted molar refractivity (Wildman–Crippen MR) is 74.8 cm³/mol. The van der Waals surface area contributed by atoms with Crippen molar-refractivity contribution in [3.63, 3.8) is 0 Å². The number of rotatable bonds is 8. The first-order valence-electron chi connectivity index (χ1n) is 6.19. The summed E-state index contributed by atoms with van der Waals surface area (Å²) < 4.78 is 4.76. The molecule has 5 N–H and O–H groups in total. The SMILES string of the molecule is O=C/C(=C\c1ccc(O)c(O)c1)CO[C@@H](C(=O)O)[C@@H](O)C(=O)O. The van der Waals surface area contributed by atoms with E-state index in [1.807, 2.05) is 0 Å². The summed E-state index contributed by atoms with van der Waals surface area (Å²) in [7, 11) is 0. The van der Waals surface area contributed by atoms with Crippen molar-refractivity contribution in [2.75, 3.05) is 6.61 Å². The van der Waals surface area contributed by atoms with Crippen molar-refractivity contribution in [3.8, 4) is 11.5 Å². The Morgan fingerprint density at radius 2 is 1.78 bits per heavy atom. The fraction of sp³-hybridized carbons (Fsp3) is 0.214. The maximum absolute atomic E-state index is 11.0. The molecule has 23 heavy (non-hydrogen) atoms. The van der Waals surface area contributed by atoms with Crippen LogP contribution in [0, 0.1) is 0 Å². The Bertz CT molecular complexity index is 635. The minimum atomic E-state index is -2.29. The van der Waals surface area contributed by atoms with E-state index in [0.717, 1.165) is 6.07 Å². The maximum Gasteiger partial charge on any atom is 0.336 e. The maximum atomic E-state index is 11.0. The molecule has 2 atom stereocenters. The van der Waals surface area contributed by atoms with Gasteiger partial charge in [-0.05, 0) is 23.8 Å². The second-order valence-electron chi connectivity index (χ2n) is 4.44. The van der Waals surface area contributed by atoms with Crippen molar-refractivity contribution in [2.24, 2.45) is 0 Å². The Labute approximate surface area is 129 Å². The van der Waals surface area contributed by atoms with Crippen LogP contribution in [0.1, 0.15) is 5.56 Å². The molecule has 0 aliphatic carbocycles. The molecular formula is C14H14O9. The molecule has 1 aromatic carbocycles. The number of aromatic hydroxyl groups is 2. The van der Waals surface area contributed by atoms with Gasteiger partial charge in [0.15, 0.2) is 23.7 Å². The number of benzene rings is 1. The topological polar surface area (TPSA) is 162 Å². The van der Waals surface area contributed by atoms with Crippen LogP contribution in [0.2, 0.25) is 0 Å². The lowest BCUT2D eigenvalue weighted by Gasteiger charge is -2.16. The number of hydrogen-bond donors (Lipinski definition) is 5. The van der Waals surface area contributed by atoms with E-state index < -0.39 is 36.5 Å². The lowest BCUT2D eigenvalue weighted by atomic mass is 10.1. The lowest BCUT2D eigenvalue weighted by Crippen LogP contribution is -2.42.